The molecule has 0 saturated heterocycles. The first-order valence-corrected chi connectivity index (χ1v) is 17.2. The summed E-state index contributed by atoms with van der Waals surface area (Å²) >= 11 is 12.3. The Balaban J connectivity index is 1.86. The van der Waals surface area contributed by atoms with Gasteiger partial charge >= 0.3 is 6.18 Å². The maximum Gasteiger partial charge on any atom is 0.417 e. The number of anilines is 1. The van der Waals surface area contributed by atoms with Crippen molar-refractivity contribution in [3.63, 3.8) is 0 Å². The second-order valence-corrected chi connectivity index (χ2v) is 14.1. The van der Waals surface area contributed by atoms with E-state index in [1.807, 2.05) is 13.8 Å². The van der Waals surface area contributed by atoms with E-state index in [1.54, 1.807) is 60.7 Å². The highest BCUT2D eigenvalue weighted by atomic mass is 35.5. The first-order chi connectivity index (χ1) is 22.7. The first-order valence-electron chi connectivity index (χ1n) is 15.0. The van der Waals surface area contributed by atoms with Gasteiger partial charge in [0.05, 0.1) is 21.2 Å². The Morgan fingerprint density at radius 2 is 1.44 bits per heavy atom. The highest BCUT2D eigenvalue weighted by Gasteiger charge is 2.37. The van der Waals surface area contributed by atoms with Gasteiger partial charge in [-0.3, -0.25) is 13.9 Å². The molecule has 7 nitrogen and oxygen atoms in total. The lowest BCUT2D eigenvalue weighted by molar-refractivity contribution is -0.140. The smallest absolute Gasteiger partial charge is 0.354 e. The number of halogens is 5. The van der Waals surface area contributed by atoms with Crippen molar-refractivity contribution in [2.24, 2.45) is 5.92 Å². The number of amides is 2. The highest BCUT2D eigenvalue weighted by molar-refractivity contribution is 7.92. The molecule has 0 radical (unpaired) electrons. The van der Waals surface area contributed by atoms with E-state index in [2.05, 4.69) is 5.32 Å². The van der Waals surface area contributed by atoms with Crippen LogP contribution in [0.2, 0.25) is 10.0 Å². The van der Waals surface area contributed by atoms with Gasteiger partial charge in [0.1, 0.15) is 12.6 Å². The standard InChI is InChI=1S/C35H34Cl2F3N3O4S/c1-24(2)21-41-34(45)32(19-25-11-5-3-6-12-25)42(22-26-13-9-10-16-30(26)36)33(44)23-43(48(46,47)28-14-7-4-8-15-28)27-17-18-31(37)29(20-27)35(38,39)40/h3-18,20,24,32H,19,21-23H2,1-2H3,(H,41,45)/t32-/m1/s1. The summed E-state index contributed by atoms with van der Waals surface area (Å²) in [4.78, 5) is 29.3. The predicted octanol–water partition coefficient (Wildman–Crippen LogP) is 7.62. The molecular formula is C35H34Cl2F3N3O4S. The summed E-state index contributed by atoms with van der Waals surface area (Å²) in [5, 5.41) is 2.54. The third-order valence-electron chi connectivity index (χ3n) is 7.41. The number of alkyl halides is 3. The van der Waals surface area contributed by atoms with Gasteiger partial charge in [-0.05, 0) is 53.4 Å². The Hall–Kier alpha value is -4.06. The van der Waals surface area contributed by atoms with Crippen molar-refractivity contribution in [1.29, 1.82) is 0 Å². The third-order valence-corrected chi connectivity index (χ3v) is 9.89. The molecule has 4 aromatic carbocycles. The van der Waals surface area contributed by atoms with Gasteiger partial charge in [0, 0.05) is 24.5 Å². The second kappa shape index (κ2) is 15.9. The molecule has 0 heterocycles. The van der Waals surface area contributed by atoms with Crippen molar-refractivity contribution in [3.05, 3.63) is 130 Å². The van der Waals surface area contributed by atoms with Crippen LogP contribution in [0.3, 0.4) is 0 Å². The summed E-state index contributed by atoms with van der Waals surface area (Å²) in [6.45, 7) is 2.99. The first kappa shape index (κ1) is 36.8. The molecule has 0 spiro atoms. The highest BCUT2D eigenvalue weighted by Crippen LogP contribution is 2.38. The fourth-order valence-corrected chi connectivity index (χ4v) is 6.77. The van der Waals surface area contributed by atoms with Crippen molar-refractivity contribution in [1.82, 2.24) is 10.2 Å². The van der Waals surface area contributed by atoms with Crippen molar-refractivity contribution in [3.8, 4) is 0 Å². The molecule has 0 aromatic heterocycles. The van der Waals surface area contributed by atoms with E-state index in [0.717, 1.165) is 17.7 Å². The lowest BCUT2D eigenvalue weighted by Gasteiger charge is -2.34. The molecule has 4 aromatic rings. The molecule has 0 unspecified atom stereocenters. The van der Waals surface area contributed by atoms with Gasteiger partial charge in [0.15, 0.2) is 0 Å². The van der Waals surface area contributed by atoms with Crippen LogP contribution in [0.25, 0.3) is 0 Å². The van der Waals surface area contributed by atoms with Crippen molar-refractivity contribution in [2.75, 3.05) is 17.4 Å². The molecule has 0 fully saturated rings. The molecule has 254 valence electrons. The monoisotopic (exact) mass is 719 g/mol. The zero-order chi connectivity index (χ0) is 35.1. The van der Waals surface area contributed by atoms with Gasteiger partial charge in [-0.2, -0.15) is 13.2 Å². The molecule has 0 aliphatic carbocycles. The van der Waals surface area contributed by atoms with Gasteiger partial charge in [-0.25, -0.2) is 8.42 Å². The molecular weight excluding hydrogens is 686 g/mol. The van der Waals surface area contributed by atoms with Crippen LogP contribution in [-0.2, 0) is 38.8 Å². The normalized spacial score (nSPS) is 12.4. The summed E-state index contributed by atoms with van der Waals surface area (Å²) in [5.74, 6) is -1.26. The third kappa shape index (κ3) is 9.30. The van der Waals surface area contributed by atoms with E-state index in [-0.39, 0.29) is 23.8 Å². The van der Waals surface area contributed by atoms with Crippen LogP contribution in [0, 0.1) is 5.92 Å². The minimum atomic E-state index is -4.91. The maximum atomic E-state index is 14.5. The average Bonchev–Trinajstić information content (AvgIpc) is 3.05. The van der Waals surface area contributed by atoms with Gasteiger partial charge in [-0.15, -0.1) is 0 Å². The number of carbonyl (C=O) groups excluding carboxylic acids is 2. The van der Waals surface area contributed by atoms with Gasteiger partial charge in [0.25, 0.3) is 10.0 Å². The minimum Gasteiger partial charge on any atom is -0.354 e. The Morgan fingerprint density at radius 1 is 0.833 bits per heavy atom. The van der Waals surface area contributed by atoms with Gasteiger partial charge in [0.2, 0.25) is 11.8 Å². The van der Waals surface area contributed by atoms with Gasteiger partial charge in [-0.1, -0.05) is 104 Å². The largest absolute Gasteiger partial charge is 0.417 e. The Kier molecular flexibility index (Phi) is 12.2. The second-order valence-electron chi connectivity index (χ2n) is 11.4. The molecule has 0 aliphatic rings. The molecule has 1 N–H and O–H groups in total. The Morgan fingerprint density at radius 3 is 2.04 bits per heavy atom. The molecule has 4 rings (SSSR count). The zero-order valence-corrected chi connectivity index (χ0v) is 28.5. The lowest BCUT2D eigenvalue weighted by Crippen LogP contribution is -2.53. The number of sulfonamides is 1. The van der Waals surface area contributed by atoms with Crippen LogP contribution in [0.4, 0.5) is 18.9 Å². The predicted molar refractivity (Wildman–Crippen MR) is 181 cm³/mol. The molecule has 2 amide bonds. The number of nitrogens with one attached hydrogen (secondary N) is 1. The van der Waals surface area contributed by atoms with E-state index in [1.165, 1.54) is 29.2 Å². The van der Waals surface area contributed by atoms with E-state index in [4.69, 9.17) is 23.2 Å². The number of benzene rings is 4. The number of carbonyl (C=O) groups is 2. The molecule has 1 atom stereocenters. The molecule has 13 heteroatoms. The van der Waals surface area contributed by atoms with Crippen LogP contribution >= 0.6 is 23.2 Å². The topological polar surface area (TPSA) is 86.8 Å². The van der Waals surface area contributed by atoms with Crippen LogP contribution in [0.15, 0.2) is 108 Å². The zero-order valence-electron chi connectivity index (χ0n) is 26.1. The Bertz CT molecular complexity index is 1830. The summed E-state index contributed by atoms with van der Waals surface area (Å²) in [6, 6.07) is 24.1. The summed E-state index contributed by atoms with van der Waals surface area (Å²) in [6.07, 6.45) is -4.85. The summed E-state index contributed by atoms with van der Waals surface area (Å²) in [7, 11) is -4.62. The molecule has 48 heavy (non-hydrogen) atoms. The SMILES string of the molecule is CC(C)CNC(=O)[C@@H](Cc1ccccc1)N(Cc1ccccc1Cl)C(=O)CN(c1ccc(Cl)c(C(F)(F)F)c1)S(=O)(=O)c1ccccc1. The van der Waals surface area contributed by atoms with Crippen LogP contribution in [-0.4, -0.2) is 44.3 Å². The number of rotatable bonds is 13. The van der Waals surface area contributed by atoms with E-state index in [9.17, 15) is 31.2 Å². The average molecular weight is 721 g/mol. The van der Waals surface area contributed by atoms with Crippen molar-refractivity contribution in [2.45, 2.75) is 43.9 Å². The number of hydrogen-bond donors (Lipinski definition) is 1. The fraction of sp³-hybridized carbons (Fsp3) is 0.257. The van der Waals surface area contributed by atoms with Crippen LogP contribution in [0.1, 0.15) is 30.5 Å². The summed E-state index contributed by atoms with van der Waals surface area (Å²) in [5.41, 5.74) is -0.512. The number of hydrogen-bond acceptors (Lipinski definition) is 4. The van der Waals surface area contributed by atoms with Gasteiger partial charge < -0.3 is 10.2 Å². The summed E-state index contributed by atoms with van der Waals surface area (Å²) < 4.78 is 70.5. The van der Waals surface area contributed by atoms with Crippen molar-refractivity contribution >= 4 is 50.7 Å². The molecule has 0 bridgehead atoms. The Labute approximate surface area is 288 Å². The van der Waals surface area contributed by atoms with E-state index >= 15 is 0 Å². The number of nitrogens with zero attached hydrogens (tertiary/aromatic N) is 2. The van der Waals surface area contributed by atoms with Crippen LogP contribution < -0.4 is 9.62 Å². The van der Waals surface area contributed by atoms with Crippen LogP contribution in [0.5, 0.6) is 0 Å². The van der Waals surface area contributed by atoms with E-state index < -0.39 is 56.9 Å². The minimum absolute atomic E-state index is 0.0611. The molecule has 0 aliphatic heterocycles. The maximum absolute atomic E-state index is 14.5. The lowest BCUT2D eigenvalue weighted by atomic mass is 10.0. The quantitative estimate of drug-likeness (QED) is 0.154. The van der Waals surface area contributed by atoms with Crippen molar-refractivity contribution < 1.29 is 31.2 Å². The fourth-order valence-electron chi connectivity index (χ4n) is 4.92. The molecule has 0 saturated carbocycles. The van der Waals surface area contributed by atoms with E-state index in [0.29, 0.717) is 27.5 Å².